The first-order valence-electron chi connectivity index (χ1n) is 5.82. The van der Waals surface area contributed by atoms with Gasteiger partial charge < -0.3 is 16.2 Å². The van der Waals surface area contributed by atoms with Gasteiger partial charge in [-0.25, -0.2) is 0 Å². The zero-order valence-corrected chi connectivity index (χ0v) is 9.79. The van der Waals surface area contributed by atoms with Gasteiger partial charge in [-0.15, -0.1) is 0 Å². The van der Waals surface area contributed by atoms with Crippen molar-refractivity contribution < 1.29 is 5.11 Å². The third-order valence-electron chi connectivity index (χ3n) is 3.06. The first-order valence-corrected chi connectivity index (χ1v) is 5.82. The summed E-state index contributed by atoms with van der Waals surface area (Å²) in [6.07, 6.45) is 5.60. The van der Waals surface area contributed by atoms with Crippen LogP contribution in [-0.2, 0) is 0 Å². The molecule has 0 radical (unpaired) electrons. The highest BCUT2D eigenvalue weighted by molar-refractivity contribution is 5.78. The first kappa shape index (κ1) is 12.3. The third-order valence-corrected chi connectivity index (χ3v) is 3.06. The Morgan fingerprint density at radius 3 is 2.67 bits per heavy atom. The lowest BCUT2D eigenvalue weighted by atomic mass is 10.1. The molecule has 1 atom stereocenters. The van der Waals surface area contributed by atoms with Crippen LogP contribution in [-0.4, -0.2) is 29.3 Å². The van der Waals surface area contributed by atoms with Crippen LogP contribution in [0.1, 0.15) is 46.0 Å². The maximum atomic E-state index is 9.74. The van der Waals surface area contributed by atoms with Crippen LogP contribution in [0, 0.1) is 0 Å². The van der Waals surface area contributed by atoms with Gasteiger partial charge in [0, 0.05) is 6.04 Å². The fraction of sp³-hybridized carbons (Fsp3) is 0.909. The second-order valence-corrected chi connectivity index (χ2v) is 4.68. The van der Waals surface area contributed by atoms with Crippen LogP contribution in [0.15, 0.2) is 4.99 Å². The summed E-state index contributed by atoms with van der Waals surface area (Å²) in [5.41, 5.74) is 5.01. The number of hydrogen-bond donors (Lipinski definition) is 3. The minimum absolute atomic E-state index is 0.370. The number of nitrogens with one attached hydrogen (secondary N) is 1. The standard InChI is InChI=1S/C11H23N3O/c1-3-11(2,15)8-13-10(12)14-9-6-4-5-7-9/h9,15H,3-8H2,1-2H3,(H3,12,13,14). The molecule has 0 amide bonds. The van der Waals surface area contributed by atoms with Gasteiger partial charge in [0.25, 0.3) is 0 Å². The van der Waals surface area contributed by atoms with E-state index >= 15 is 0 Å². The van der Waals surface area contributed by atoms with E-state index in [-0.39, 0.29) is 0 Å². The van der Waals surface area contributed by atoms with Crippen molar-refractivity contribution >= 4 is 5.96 Å². The van der Waals surface area contributed by atoms with E-state index in [1.807, 2.05) is 6.92 Å². The molecular formula is C11H23N3O. The van der Waals surface area contributed by atoms with Crippen LogP contribution in [0.3, 0.4) is 0 Å². The maximum absolute atomic E-state index is 9.74. The van der Waals surface area contributed by atoms with Crippen LogP contribution >= 0.6 is 0 Å². The number of rotatable bonds is 4. The van der Waals surface area contributed by atoms with Crippen LogP contribution in [0.25, 0.3) is 0 Å². The molecule has 15 heavy (non-hydrogen) atoms. The van der Waals surface area contributed by atoms with Gasteiger partial charge in [0.05, 0.1) is 12.1 Å². The minimum atomic E-state index is -0.734. The summed E-state index contributed by atoms with van der Waals surface area (Å²) in [4.78, 5) is 4.16. The van der Waals surface area contributed by atoms with Gasteiger partial charge in [-0.1, -0.05) is 19.8 Å². The Hall–Kier alpha value is -0.770. The topological polar surface area (TPSA) is 70.6 Å². The van der Waals surface area contributed by atoms with Crippen molar-refractivity contribution in [2.24, 2.45) is 10.7 Å². The summed E-state index contributed by atoms with van der Waals surface area (Å²) in [6.45, 7) is 4.09. The molecule has 4 nitrogen and oxygen atoms in total. The molecule has 0 bridgehead atoms. The van der Waals surface area contributed by atoms with E-state index in [0.717, 1.165) is 0 Å². The molecule has 0 aromatic rings. The molecule has 1 unspecified atom stereocenters. The number of hydrogen-bond acceptors (Lipinski definition) is 2. The molecule has 1 rings (SSSR count). The van der Waals surface area contributed by atoms with Crippen molar-refractivity contribution in [2.75, 3.05) is 6.54 Å². The van der Waals surface area contributed by atoms with Gasteiger partial charge in [-0.05, 0) is 26.2 Å². The summed E-state index contributed by atoms with van der Waals surface area (Å²) in [6, 6.07) is 0.486. The lowest BCUT2D eigenvalue weighted by Gasteiger charge is -2.19. The Morgan fingerprint density at radius 2 is 2.13 bits per heavy atom. The third kappa shape index (κ3) is 4.51. The van der Waals surface area contributed by atoms with Gasteiger partial charge in [0.15, 0.2) is 5.96 Å². The molecule has 4 N–H and O–H groups in total. The fourth-order valence-electron chi connectivity index (χ4n) is 1.69. The van der Waals surface area contributed by atoms with Crippen LogP contribution in [0.2, 0.25) is 0 Å². The van der Waals surface area contributed by atoms with Gasteiger partial charge in [-0.3, -0.25) is 4.99 Å². The number of guanidine groups is 1. The van der Waals surface area contributed by atoms with E-state index in [1.54, 1.807) is 6.92 Å². The number of nitrogens with two attached hydrogens (primary N) is 1. The minimum Gasteiger partial charge on any atom is -0.388 e. The van der Waals surface area contributed by atoms with Gasteiger partial charge >= 0.3 is 0 Å². The molecule has 0 spiro atoms. The average Bonchev–Trinajstić information content (AvgIpc) is 2.68. The molecule has 0 aromatic heterocycles. The molecule has 1 fully saturated rings. The summed E-state index contributed by atoms with van der Waals surface area (Å²) in [7, 11) is 0. The van der Waals surface area contributed by atoms with Crippen LogP contribution in [0.4, 0.5) is 0 Å². The number of nitrogens with zero attached hydrogens (tertiary/aromatic N) is 1. The molecule has 0 aliphatic heterocycles. The van der Waals surface area contributed by atoms with Crippen molar-refractivity contribution in [1.82, 2.24) is 5.32 Å². The molecular weight excluding hydrogens is 190 g/mol. The van der Waals surface area contributed by atoms with Crippen LogP contribution in [0.5, 0.6) is 0 Å². The van der Waals surface area contributed by atoms with Crippen molar-refractivity contribution in [2.45, 2.75) is 57.6 Å². The van der Waals surface area contributed by atoms with Crippen LogP contribution < -0.4 is 11.1 Å². The van der Waals surface area contributed by atoms with Crippen molar-refractivity contribution in [3.63, 3.8) is 0 Å². The van der Waals surface area contributed by atoms with Crippen molar-refractivity contribution in [3.8, 4) is 0 Å². The maximum Gasteiger partial charge on any atom is 0.188 e. The van der Waals surface area contributed by atoms with E-state index in [9.17, 15) is 5.11 Å². The van der Waals surface area contributed by atoms with Gasteiger partial charge in [0.1, 0.15) is 0 Å². The van der Waals surface area contributed by atoms with E-state index < -0.39 is 5.60 Å². The Balaban J connectivity index is 2.32. The second-order valence-electron chi connectivity index (χ2n) is 4.68. The summed E-state index contributed by atoms with van der Waals surface area (Å²) in [5, 5.41) is 12.9. The van der Waals surface area contributed by atoms with Gasteiger partial charge in [0.2, 0.25) is 0 Å². The summed E-state index contributed by atoms with van der Waals surface area (Å²) < 4.78 is 0. The number of aliphatic imine (C=N–C) groups is 1. The summed E-state index contributed by atoms with van der Waals surface area (Å²) >= 11 is 0. The van der Waals surface area contributed by atoms with Gasteiger partial charge in [-0.2, -0.15) is 0 Å². The molecule has 4 heteroatoms. The highest BCUT2D eigenvalue weighted by Gasteiger charge is 2.18. The Labute approximate surface area is 92.0 Å². The predicted molar refractivity (Wildman–Crippen MR) is 62.8 cm³/mol. The molecule has 1 aliphatic carbocycles. The van der Waals surface area contributed by atoms with Crippen molar-refractivity contribution in [1.29, 1.82) is 0 Å². The first-order chi connectivity index (χ1) is 7.03. The van der Waals surface area contributed by atoms with E-state index in [2.05, 4.69) is 10.3 Å². The SMILES string of the molecule is CCC(C)(O)CN=C(N)NC1CCCC1. The fourth-order valence-corrected chi connectivity index (χ4v) is 1.69. The normalized spacial score (nSPS) is 22.7. The molecule has 0 aromatic carbocycles. The summed E-state index contributed by atoms with van der Waals surface area (Å²) in [5.74, 6) is 0.468. The molecule has 0 heterocycles. The Morgan fingerprint density at radius 1 is 1.53 bits per heavy atom. The predicted octanol–water partition coefficient (Wildman–Crippen LogP) is 0.994. The van der Waals surface area contributed by atoms with E-state index in [4.69, 9.17) is 5.73 Å². The largest absolute Gasteiger partial charge is 0.388 e. The van der Waals surface area contributed by atoms with E-state index in [1.165, 1.54) is 25.7 Å². The zero-order valence-electron chi connectivity index (χ0n) is 9.79. The molecule has 88 valence electrons. The highest BCUT2D eigenvalue weighted by atomic mass is 16.3. The molecule has 0 saturated heterocycles. The highest BCUT2D eigenvalue weighted by Crippen LogP contribution is 2.17. The lowest BCUT2D eigenvalue weighted by molar-refractivity contribution is 0.0657. The average molecular weight is 213 g/mol. The monoisotopic (exact) mass is 213 g/mol. The number of aliphatic hydroxyl groups is 1. The Kier molecular flexibility index (Phi) is 4.39. The van der Waals surface area contributed by atoms with Crippen molar-refractivity contribution in [3.05, 3.63) is 0 Å². The zero-order chi connectivity index (χ0) is 11.3. The molecule has 1 aliphatic rings. The quantitative estimate of drug-likeness (QED) is 0.482. The van der Waals surface area contributed by atoms with E-state index in [0.29, 0.717) is 25.0 Å². The molecule has 1 saturated carbocycles. The Bertz CT molecular complexity index is 220. The smallest absolute Gasteiger partial charge is 0.188 e. The second kappa shape index (κ2) is 5.35. The lowest BCUT2D eigenvalue weighted by Crippen LogP contribution is -2.40.